The van der Waals surface area contributed by atoms with Gasteiger partial charge in [0.1, 0.15) is 10.7 Å². The highest BCUT2D eigenvalue weighted by atomic mass is 32.2. The van der Waals surface area contributed by atoms with Gasteiger partial charge < -0.3 is 4.90 Å². The predicted octanol–water partition coefficient (Wildman–Crippen LogP) is 2.39. The topological polar surface area (TPSA) is 75.5 Å². The number of nitrogens with zero attached hydrogens (tertiary/aromatic N) is 4. The lowest BCUT2D eigenvalue weighted by molar-refractivity contribution is -0.133. The minimum Gasteiger partial charge on any atom is -0.333 e. The molecule has 1 aromatic carbocycles. The Balaban J connectivity index is 1.49. The lowest BCUT2D eigenvalue weighted by Gasteiger charge is -2.44. The molecule has 0 bridgehead atoms. The Morgan fingerprint density at radius 2 is 1.83 bits per heavy atom. The van der Waals surface area contributed by atoms with E-state index in [-0.39, 0.29) is 22.2 Å². The molecule has 1 aromatic heterocycles. The molecule has 29 heavy (non-hydrogen) atoms. The molecule has 2 aliphatic heterocycles. The van der Waals surface area contributed by atoms with Crippen molar-refractivity contribution < 1.29 is 17.6 Å². The average Bonchev–Trinajstić information content (AvgIpc) is 3.32. The zero-order valence-corrected chi connectivity index (χ0v) is 17.2. The molecule has 2 aromatic rings. The highest BCUT2D eigenvalue weighted by molar-refractivity contribution is 7.89. The van der Waals surface area contributed by atoms with Crippen molar-refractivity contribution in [2.75, 3.05) is 13.1 Å². The summed E-state index contributed by atoms with van der Waals surface area (Å²) in [5, 5.41) is 4.07. The molecule has 1 spiro atoms. The molecule has 3 heterocycles. The van der Waals surface area contributed by atoms with Gasteiger partial charge in [0.25, 0.3) is 0 Å². The molecule has 2 fully saturated rings. The number of hydrogen-bond donors (Lipinski definition) is 0. The van der Waals surface area contributed by atoms with Gasteiger partial charge in [-0.1, -0.05) is 12.1 Å². The number of sulfonamides is 1. The van der Waals surface area contributed by atoms with Crippen LogP contribution in [0.3, 0.4) is 0 Å². The van der Waals surface area contributed by atoms with E-state index >= 15 is 0 Å². The lowest BCUT2D eigenvalue weighted by Crippen LogP contribution is -2.53. The smallest absolute Gasteiger partial charge is 0.246 e. The fourth-order valence-corrected chi connectivity index (χ4v) is 5.76. The van der Waals surface area contributed by atoms with Crippen LogP contribution in [0, 0.1) is 5.82 Å². The summed E-state index contributed by atoms with van der Waals surface area (Å²) in [6, 6.07) is 6.18. The summed E-state index contributed by atoms with van der Waals surface area (Å²) in [6.07, 6.45) is 5.34. The molecule has 0 saturated carbocycles. The van der Waals surface area contributed by atoms with Crippen molar-refractivity contribution in [3.05, 3.63) is 48.0 Å². The highest BCUT2D eigenvalue weighted by Gasteiger charge is 2.48. The largest absolute Gasteiger partial charge is 0.333 e. The van der Waals surface area contributed by atoms with E-state index in [1.165, 1.54) is 22.6 Å². The van der Waals surface area contributed by atoms with Crippen molar-refractivity contribution in [3.63, 3.8) is 0 Å². The van der Waals surface area contributed by atoms with Crippen LogP contribution in [0.1, 0.15) is 38.2 Å². The second-order valence-electron chi connectivity index (χ2n) is 7.77. The van der Waals surface area contributed by atoms with E-state index in [1.807, 2.05) is 11.8 Å². The zero-order valence-electron chi connectivity index (χ0n) is 16.4. The van der Waals surface area contributed by atoms with Gasteiger partial charge in [-0.2, -0.15) is 9.40 Å². The third-order valence-corrected chi connectivity index (χ3v) is 8.01. The van der Waals surface area contributed by atoms with Crippen LogP contribution >= 0.6 is 0 Å². The molecular weight excluding hydrogens is 395 g/mol. The van der Waals surface area contributed by atoms with Gasteiger partial charge in [0.05, 0.1) is 6.20 Å². The van der Waals surface area contributed by atoms with Crippen LogP contribution in [-0.4, -0.2) is 51.9 Å². The van der Waals surface area contributed by atoms with Gasteiger partial charge in [-0.05, 0) is 43.9 Å². The van der Waals surface area contributed by atoms with Gasteiger partial charge in [-0.15, -0.1) is 0 Å². The van der Waals surface area contributed by atoms with Crippen molar-refractivity contribution in [1.29, 1.82) is 0 Å². The summed E-state index contributed by atoms with van der Waals surface area (Å²) in [4.78, 5) is 14.6. The number of carbonyl (C=O) groups is 1. The van der Waals surface area contributed by atoms with Crippen molar-refractivity contribution in [3.8, 4) is 0 Å². The number of likely N-dealkylation sites (tertiary alicyclic amines) is 1. The fourth-order valence-electron chi connectivity index (χ4n) is 4.36. The maximum absolute atomic E-state index is 13.2. The molecule has 1 amide bonds. The molecule has 0 radical (unpaired) electrons. The number of rotatable bonds is 5. The molecule has 0 unspecified atom stereocenters. The standard InChI is InChI=1S/C20H25FN4O3S/c1-2-23-15-18(13-22-23)29(27,28)24-11-9-20(10-12-24)8-7-19(26)25(20)14-16-3-5-17(21)6-4-16/h3-6,13,15H,2,7-12,14H2,1H3. The number of aromatic nitrogens is 2. The first-order chi connectivity index (χ1) is 13.8. The van der Waals surface area contributed by atoms with Crippen LogP contribution in [0.5, 0.6) is 0 Å². The number of aryl methyl sites for hydroxylation is 1. The van der Waals surface area contributed by atoms with E-state index in [4.69, 9.17) is 0 Å². The number of piperidine rings is 1. The third kappa shape index (κ3) is 3.69. The normalized spacial score (nSPS) is 19.9. The molecule has 0 N–H and O–H groups in total. The number of halogens is 1. The Kier molecular flexibility index (Phi) is 5.20. The number of hydrogen-bond acceptors (Lipinski definition) is 4. The Morgan fingerprint density at radius 1 is 1.14 bits per heavy atom. The summed E-state index contributed by atoms with van der Waals surface area (Å²) in [5.74, 6) is -0.226. The molecular formula is C20H25FN4O3S. The number of benzene rings is 1. The number of carbonyl (C=O) groups excluding carboxylic acids is 1. The number of amides is 1. The van der Waals surface area contributed by atoms with E-state index in [0.29, 0.717) is 45.4 Å². The Labute approximate surface area is 170 Å². The van der Waals surface area contributed by atoms with Gasteiger partial charge in [0, 0.05) is 44.3 Å². The van der Waals surface area contributed by atoms with Crippen LogP contribution < -0.4 is 0 Å². The summed E-state index contributed by atoms with van der Waals surface area (Å²) in [6.45, 7) is 3.68. The van der Waals surface area contributed by atoms with Crippen molar-refractivity contribution in [1.82, 2.24) is 19.0 Å². The molecule has 156 valence electrons. The maximum atomic E-state index is 13.2. The third-order valence-electron chi connectivity index (χ3n) is 6.16. The summed E-state index contributed by atoms with van der Waals surface area (Å²) in [7, 11) is -3.59. The van der Waals surface area contributed by atoms with Gasteiger partial charge in [0.2, 0.25) is 15.9 Å². The van der Waals surface area contributed by atoms with Crippen molar-refractivity contribution in [2.45, 2.75) is 56.1 Å². The molecule has 2 saturated heterocycles. The summed E-state index contributed by atoms with van der Waals surface area (Å²) >= 11 is 0. The Bertz CT molecular complexity index is 995. The monoisotopic (exact) mass is 420 g/mol. The zero-order chi connectivity index (χ0) is 20.6. The Morgan fingerprint density at radius 3 is 2.45 bits per heavy atom. The van der Waals surface area contributed by atoms with E-state index in [9.17, 15) is 17.6 Å². The lowest BCUT2D eigenvalue weighted by atomic mass is 9.85. The highest BCUT2D eigenvalue weighted by Crippen LogP contribution is 2.41. The van der Waals surface area contributed by atoms with Crippen LogP contribution in [0.2, 0.25) is 0 Å². The molecule has 7 nitrogen and oxygen atoms in total. The molecule has 9 heteroatoms. The fraction of sp³-hybridized carbons (Fsp3) is 0.500. The molecule has 0 atom stereocenters. The first kappa shape index (κ1) is 20.0. The quantitative estimate of drug-likeness (QED) is 0.744. The molecule has 2 aliphatic rings. The SMILES string of the molecule is CCn1cc(S(=O)(=O)N2CCC3(CCC(=O)N3Cc3ccc(F)cc3)CC2)cn1. The van der Waals surface area contributed by atoms with E-state index in [2.05, 4.69) is 5.10 Å². The molecule has 0 aliphatic carbocycles. The predicted molar refractivity (Wildman–Crippen MR) is 105 cm³/mol. The second-order valence-corrected chi connectivity index (χ2v) is 9.70. The van der Waals surface area contributed by atoms with Gasteiger partial charge in [-0.25, -0.2) is 12.8 Å². The summed E-state index contributed by atoms with van der Waals surface area (Å²) in [5.41, 5.74) is 0.550. The van der Waals surface area contributed by atoms with Crippen molar-refractivity contribution in [2.24, 2.45) is 0 Å². The van der Waals surface area contributed by atoms with E-state index in [1.54, 1.807) is 23.0 Å². The van der Waals surface area contributed by atoms with Crippen LogP contribution in [0.25, 0.3) is 0 Å². The minimum absolute atomic E-state index is 0.0786. The molecule has 4 rings (SSSR count). The van der Waals surface area contributed by atoms with Gasteiger partial charge in [0.15, 0.2) is 0 Å². The van der Waals surface area contributed by atoms with Gasteiger partial charge in [-0.3, -0.25) is 9.48 Å². The van der Waals surface area contributed by atoms with Gasteiger partial charge >= 0.3 is 0 Å². The van der Waals surface area contributed by atoms with Crippen LogP contribution in [-0.2, 0) is 27.9 Å². The first-order valence-corrected chi connectivity index (χ1v) is 11.4. The van der Waals surface area contributed by atoms with Crippen LogP contribution in [0.15, 0.2) is 41.6 Å². The van der Waals surface area contributed by atoms with E-state index in [0.717, 1.165) is 12.0 Å². The maximum Gasteiger partial charge on any atom is 0.246 e. The van der Waals surface area contributed by atoms with Crippen LogP contribution in [0.4, 0.5) is 4.39 Å². The minimum atomic E-state index is -3.59. The van der Waals surface area contributed by atoms with E-state index < -0.39 is 10.0 Å². The Hall–Kier alpha value is -2.26. The second kappa shape index (κ2) is 7.53. The first-order valence-electron chi connectivity index (χ1n) is 9.92. The van der Waals surface area contributed by atoms with Crippen molar-refractivity contribution >= 4 is 15.9 Å². The average molecular weight is 421 g/mol. The summed E-state index contributed by atoms with van der Waals surface area (Å²) < 4.78 is 42.2.